The molecule has 9 heteroatoms. The van der Waals surface area contributed by atoms with E-state index in [1.54, 1.807) is 28.4 Å². The van der Waals surface area contributed by atoms with Gasteiger partial charge in [-0.2, -0.15) is 50.5 Å². The zero-order valence-corrected chi connectivity index (χ0v) is 27.9. The molecule has 4 aromatic carbocycles. The van der Waals surface area contributed by atoms with Crippen molar-refractivity contribution in [3.63, 3.8) is 0 Å². The quantitative estimate of drug-likeness (QED) is 0.101. The Morgan fingerprint density at radius 3 is 0.707 bits per heavy atom. The number of para-hydroxylation sites is 4. The Morgan fingerprint density at radius 1 is 0.366 bits per heavy atom. The van der Waals surface area contributed by atoms with Crippen molar-refractivity contribution >= 4 is 50.5 Å². The summed E-state index contributed by atoms with van der Waals surface area (Å²) in [4.78, 5) is 0. The average Bonchev–Trinajstić information content (AvgIpc) is 3.03. The van der Waals surface area contributed by atoms with Gasteiger partial charge in [0.2, 0.25) is 0 Å². The number of hydrogen-bond acceptors (Lipinski definition) is 8. The molecule has 0 bridgehead atoms. The molecule has 4 atom stereocenters. The van der Waals surface area contributed by atoms with Gasteiger partial charge in [-0.3, -0.25) is 0 Å². The van der Waals surface area contributed by atoms with E-state index in [0.29, 0.717) is 0 Å². The maximum Gasteiger partial charge on any atom is 0.123 e. The van der Waals surface area contributed by atoms with Crippen LogP contribution >= 0.6 is 50.5 Å². The summed E-state index contributed by atoms with van der Waals surface area (Å²) in [5.41, 5.74) is 4.07. The van der Waals surface area contributed by atoms with Gasteiger partial charge in [0.05, 0.1) is 28.4 Å². The van der Waals surface area contributed by atoms with Crippen molar-refractivity contribution in [3.05, 3.63) is 119 Å². The molecule has 0 spiro atoms. The van der Waals surface area contributed by atoms with Crippen LogP contribution in [0, 0.1) is 0 Å². The monoisotopic (exact) mass is 670 g/mol. The summed E-state index contributed by atoms with van der Waals surface area (Å²) in [7, 11) is 6.65. The Morgan fingerprint density at radius 2 is 0.537 bits per heavy atom. The molecular weight excluding hydrogens is 635 g/mol. The zero-order chi connectivity index (χ0) is 29.1. The van der Waals surface area contributed by atoms with Crippen LogP contribution in [0.15, 0.2) is 97.1 Å². The van der Waals surface area contributed by atoms with Crippen LogP contribution in [-0.4, -0.2) is 28.4 Å². The van der Waals surface area contributed by atoms with Crippen molar-refractivity contribution in [2.45, 2.75) is 21.0 Å². The molecule has 0 saturated heterocycles. The Bertz CT molecular complexity index is 1150. The van der Waals surface area contributed by atoms with Crippen LogP contribution in [0.4, 0.5) is 0 Å². The molecule has 0 fully saturated rings. The minimum Gasteiger partial charge on any atom is -0.496 e. The molecule has 41 heavy (non-hydrogen) atoms. The van der Waals surface area contributed by atoms with Crippen molar-refractivity contribution in [2.75, 3.05) is 28.4 Å². The number of thiol groups is 4. The average molecular weight is 672 g/mol. The summed E-state index contributed by atoms with van der Waals surface area (Å²) in [5, 5.41) is -0.367. The van der Waals surface area contributed by atoms with Crippen LogP contribution in [0.1, 0.15) is 43.3 Å². The van der Waals surface area contributed by atoms with E-state index in [4.69, 9.17) is 69.5 Å². The van der Waals surface area contributed by atoms with E-state index >= 15 is 0 Å². The van der Waals surface area contributed by atoms with Gasteiger partial charge in [-0.15, -0.1) is 0 Å². The molecule has 0 saturated carbocycles. The molecule has 0 heterocycles. The van der Waals surface area contributed by atoms with E-state index in [1.807, 2.05) is 97.1 Å². The number of methoxy groups -OCH3 is 4. The van der Waals surface area contributed by atoms with Gasteiger partial charge in [0, 0.05) is 59.7 Å². The Kier molecular flexibility index (Phi) is 15.3. The Hall–Kier alpha value is -2.03. The molecule has 0 aliphatic heterocycles. The van der Waals surface area contributed by atoms with E-state index in [0.717, 1.165) is 45.3 Å². The summed E-state index contributed by atoms with van der Waals surface area (Å²) in [6.07, 6.45) is 0. The van der Waals surface area contributed by atoms with Crippen molar-refractivity contribution in [1.82, 2.24) is 0 Å². The molecule has 0 aliphatic carbocycles. The third kappa shape index (κ3) is 8.98. The van der Waals surface area contributed by atoms with Gasteiger partial charge >= 0.3 is 0 Å². The fourth-order valence-corrected chi connectivity index (χ4v) is 5.82. The van der Waals surface area contributed by atoms with Gasteiger partial charge in [0.1, 0.15) is 23.0 Å². The first-order valence-electron chi connectivity index (χ1n) is 12.6. The standard InChI is InChI=1S/2C16H18O2S2.Ni/c2*1-17-13-9-5-3-7-11(13)15(19)16(20)12-8-4-6-10-14(12)18-2;/h2*3-10,15-16,19-20H,1-2H3;. The van der Waals surface area contributed by atoms with Gasteiger partial charge in [0.25, 0.3) is 0 Å². The molecule has 0 amide bonds. The first kappa shape index (κ1) is 35.2. The summed E-state index contributed by atoms with van der Waals surface area (Å²) in [5.74, 6) is 3.28. The first-order chi connectivity index (χ1) is 19.4. The van der Waals surface area contributed by atoms with Crippen LogP contribution < -0.4 is 18.9 Å². The fraction of sp³-hybridized carbons (Fsp3) is 0.250. The second-order valence-electron chi connectivity index (χ2n) is 8.75. The summed E-state index contributed by atoms with van der Waals surface area (Å²) < 4.78 is 21.6. The molecule has 4 aromatic rings. The minimum absolute atomic E-state index is 0. The minimum atomic E-state index is -0.0919. The van der Waals surface area contributed by atoms with Gasteiger partial charge in [0.15, 0.2) is 0 Å². The normalized spacial score (nSPS) is 13.3. The summed E-state index contributed by atoms with van der Waals surface area (Å²) in [6.45, 7) is 0. The first-order valence-corrected chi connectivity index (χ1v) is 14.7. The fourth-order valence-electron chi connectivity index (χ4n) is 4.32. The molecule has 4 unspecified atom stereocenters. The smallest absolute Gasteiger partial charge is 0.123 e. The van der Waals surface area contributed by atoms with Crippen LogP contribution in [0.25, 0.3) is 0 Å². The Balaban J connectivity index is 0.000000280. The number of benzene rings is 4. The topological polar surface area (TPSA) is 36.9 Å². The zero-order valence-electron chi connectivity index (χ0n) is 23.3. The molecular formula is C32H36NiO4S4. The SMILES string of the molecule is COc1ccccc1C(S)C(S)c1ccccc1OC.COc1ccccc1C(S)C(S)c1ccccc1OC.[Ni]. The van der Waals surface area contributed by atoms with E-state index < -0.39 is 0 Å². The van der Waals surface area contributed by atoms with Crippen molar-refractivity contribution in [3.8, 4) is 23.0 Å². The molecule has 0 radical (unpaired) electrons. The van der Waals surface area contributed by atoms with E-state index in [1.165, 1.54) is 0 Å². The van der Waals surface area contributed by atoms with E-state index in [2.05, 4.69) is 0 Å². The number of ether oxygens (including phenoxy) is 4. The second kappa shape index (κ2) is 17.8. The van der Waals surface area contributed by atoms with Gasteiger partial charge < -0.3 is 18.9 Å². The predicted molar refractivity (Wildman–Crippen MR) is 179 cm³/mol. The molecule has 4 nitrogen and oxygen atoms in total. The van der Waals surface area contributed by atoms with Gasteiger partial charge in [-0.05, 0) is 24.3 Å². The van der Waals surface area contributed by atoms with Crippen LogP contribution in [-0.2, 0) is 16.5 Å². The second-order valence-corrected chi connectivity index (χ2v) is 11.0. The maximum absolute atomic E-state index is 5.39. The van der Waals surface area contributed by atoms with E-state index in [9.17, 15) is 0 Å². The Labute approximate surface area is 276 Å². The van der Waals surface area contributed by atoms with E-state index in [-0.39, 0.29) is 37.5 Å². The third-order valence-electron chi connectivity index (χ3n) is 6.43. The molecule has 4 rings (SSSR count). The third-order valence-corrected chi connectivity index (χ3v) is 9.20. The summed E-state index contributed by atoms with van der Waals surface area (Å²) in [6, 6.07) is 31.4. The van der Waals surface area contributed by atoms with Crippen LogP contribution in [0.5, 0.6) is 23.0 Å². The van der Waals surface area contributed by atoms with Gasteiger partial charge in [-0.1, -0.05) is 72.8 Å². The number of rotatable bonds is 10. The van der Waals surface area contributed by atoms with Crippen LogP contribution in [0.3, 0.4) is 0 Å². The molecule has 222 valence electrons. The number of hydrogen-bond donors (Lipinski definition) is 4. The van der Waals surface area contributed by atoms with Gasteiger partial charge in [-0.25, -0.2) is 0 Å². The summed E-state index contributed by atoms with van der Waals surface area (Å²) >= 11 is 18.9. The van der Waals surface area contributed by atoms with Crippen molar-refractivity contribution in [1.29, 1.82) is 0 Å². The predicted octanol–water partition coefficient (Wildman–Crippen LogP) is 8.69. The van der Waals surface area contributed by atoms with Crippen molar-refractivity contribution < 1.29 is 35.4 Å². The largest absolute Gasteiger partial charge is 0.496 e. The van der Waals surface area contributed by atoms with Crippen LogP contribution in [0.2, 0.25) is 0 Å². The molecule has 0 aliphatic rings. The maximum atomic E-state index is 5.39. The molecule has 0 aromatic heterocycles. The van der Waals surface area contributed by atoms with Crippen molar-refractivity contribution in [2.24, 2.45) is 0 Å². The molecule has 0 N–H and O–H groups in total.